The molecule has 0 spiro atoms. The third-order valence-electron chi connectivity index (χ3n) is 1.87. The second kappa shape index (κ2) is 9.24. The summed E-state index contributed by atoms with van der Waals surface area (Å²) in [6.45, 7) is 3.68. The van der Waals surface area contributed by atoms with Crippen LogP contribution in [-0.2, 0) is 14.3 Å². The molecule has 0 atom stereocenters. The standard InChI is InChI=1S/C11H18O4/c1-2-9-15-11(14)8-6-4-3-5-7-10(12)13/h2H,1,3-9H2,(H,12,13)/p-1. The van der Waals surface area contributed by atoms with Crippen molar-refractivity contribution in [2.75, 3.05) is 6.61 Å². The van der Waals surface area contributed by atoms with Crippen LogP contribution in [0.1, 0.15) is 38.5 Å². The number of hydrogen-bond acceptors (Lipinski definition) is 4. The van der Waals surface area contributed by atoms with E-state index in [4.69, 9.17) is 4.74 Å². The van der Waals surface area contributed by atoms with Crippen molar-refractivity contribution in [1.82, 2.24) is 0 Å². The summed E-state index contributed by atoms with van der Waals surface area (Å²) in [5.74, 6) is -1.24. The number of ether oxygens (including phenoxy) is 1. The fourth-order valence-corrected chi connectivity index (χ4v) is 1.12. The van der Waals surface area contributed by atoms with E-state index >= 15 is 0 Å². The van der Waals surface area contributed by atoms with E-state index in [9.17, 15) is 14.7 Å². The lowest BCUT2D eigenvalue weighted by Gasteiger charge is -2.03. The van der Waals surface area contributed by atoms with Crippen LogP contribution in [0, 0.1) is 0 Å². The van der Waals surface area contributed by atoms with Crippen molar-refractivity contribution in [3.8, 4) is 0 Å². The summed E-state index contributed by atoms with van der Waals surface area (Å²) < 4.78 is 4.77. The van der Waals surface area contributed by atoms with Crippen LogP contribution in [0.25, 0.3) is 0 Å². The van der Waals surface area contributed by atoms with Crippen LogP contribution >= 0.6 is 0 Å². The lowest BCUT2D eigenvalue weighted by Crippen LogP contribution is -2.21. The molecule has 0 rings (SSSR count). The van der Waals surface area contributed by atoms with Gasteiger partial charge in [-0.1, -0.05) is 25.5 Å². The van der Waals surface area contributed by atoms with Crippen LogP contribution in [0.2, 0.25) is 0 Å². The first kappa shape index (κ1) is 13.7. The highest BCUT2D eigenvalue weighted by Crippen LogP contribution is 2.05. The molecule has 0 N–H and O–H groups in total. The molecular formula is C11H17O4-. The largest absolute Gasteiger partial charge is 0.550 e. The number of unbranched alkanes of at least 4 members (excludes halogenated alkanes) is 3. The highest BCUT2D eigenvalue weighted by molar-refractivity contribution is 5.69. The Morgan fingerprint density at radius 3 is 2.27 bits per heavy atom. The Morgan fingerprint density at radius 1 is 1.13 bits per heavy atom. The van der Waals surface area contributed by atoms with Gasteiger partial charge < -0.3 is 14.6 Å². The van der Waals surface area contributed by atoms with E-state index in [0.717, 1.165) is 19.3 Å². The maximum atomic E-state index is 11.0. The molecule has 0 aromatic rings. The molecule has 0 aliphatic rings. The average molecular weight is 213 g/mol. The number of hydrogen-bond donors (Lipinski definition) is 0. The summed E-state index contributed by atoms with van der Waals surface area (Å²) in [7, 11) is 0. The molecule has 0 heterocycles. The predicted molar refractivity (Wildman–Crippen MR) is 53.9 cm³/mol. The molecule has 0 bridgehead atoms. The molecular weight excluding hydrogens is 196 g/mol. The van der Waals surface area contributed by atoms with Gasteiger partial charge in [0, 0.05) is 12.4 Å². The van der Waals surface area contributed by atoms with Crippen molar-refractivity contribution in [2.45, 2.75) is 38.5 Å². The number of esters is 1. The van der Waals surface area contributed by atoms with Crippen molar-refractivity contribution in [3.05, 3.63) is 12.7 Å². The summed E-state index contributed by atoms with van der Waals surface area (Å²) in [6, 6.07) is 0. The van der Waals surface area contributed by atoms with Gasteiger partial charge >= 0.3 is 5.97 Å². The molecule has 0 aliphatic heterocycles. The molecule has 0 radical (unpaired) electrons. The van der Waals surface area contributed by atoms with Gasteiger partial charge in [-0.2, -0.15) is 0 Å². The van der Waals surface area contributed by atoms with Crippen LogP contribution in [0.15, 0.2) is 12.7 Å². The van der Waals surface area contributed by atoms with Gasteiger partial charge in [-0.3, -0.25) is 4.79 Å². The lowest BCUT2D eigenvalue weighted by molar-refractivity contribution is -0.305. The molecule has 0 unspecified atom stereocenters. The zero-order valence-electron chi connectivity index (χ0n) is 8.87. The second-order valence-corrected chi connectivity index (χ2v) is 3.26. The SMILES string of the molecule is C=CCOC(=O)CCCCCCC(=O)[O-]. The average Bonchev–Trinajstić information content (AvgIpc) is 2.19. The van der Waals surface area contributed by atoms with Crippen molar-refractivity contribution >= 4 is 11.9 Å². The Balaban J connectivity index is 3.19. The minimum atomic E-state index is -1.01. The first-order valence-corrected chi connectivity index (χ1v) is 5.13. The number of carboxylic acid groups (broad SMARTS) is 1. The first-order valence-electron chi connectivity index (χ1n) is 5.13. The number of carboxylic acids is 1. The van der Waals surface area contributed by atoms with Crippen molar-refractivity contribution in [3.63, 3.8) is 0 Å². The van der Waals surface area contributed by atoms with E-state index < -0.39 is 5.97 Å². The minimum Gasteiger partial charge on any atom is -0.550 e. The molecule has 0 saturated carbocycles. The third-order valence-corrected chi connectivity index (χ3v) is 1.87. The monoisotopic (exact) mass is 213 g/mol. The predicted octanol–water partition coefficient (Wildman–Crippen LogP) is 0.806. The first-order chi connectivity index (χ1) is 7.16. The van der Waals surface area contributed by atoms with E-state index in [0.29, 0.717) is 12.8 Å². The van der Waals surface area contributed by atoms with Gasteiger partial charge in [-0.15, -0.1) is 0 Å². The van der Waals surface area contributed by atoms with Gasteiger partial charge in [0.2, 0.25) is 0 Å². The minimum absolute atomic E-state index is 0.0981. The number of carbonyl (C=O) groups is 2. The van der Waals surface area contributed by atoms with Crippen LogP contribution in [0.3, 0.4) is 0 Å². The number of aliphatic carboxylic acids is 1. The van der Waals surface area contributed by atoms with Gasteiger partial charge in [0.25, 0.3) is 0 Å². The Hall–Kier alpha value is -1.32. The molecule has 4 nitrogen and oxygen atoms in total. The maximum absolute atomic E-state index is 11.0. The highest BCUT2D eigenvalue weighted by atomic mass is 16.5. The maximum Gasteiger partial charge on any atom is 0.306 e. The number of carbonyl (C=O) groups excluding carboxylic acids is 2. The summed E-state index contributed by atoms with van der Waals surface area (Å²) in [6.07, 6.45) is 5.02. The van der Waals surface area contributed by atoms with Crippen LogP contribution in [0.5, 0.6) is 0 Å². The Bertz CT molecular complexity index is 211. The quantitative estimate of drug-likeness (QED) is 0.323. The van der Waals surface area contributed by atoms with Crippen LogP contribution < -0.4 is 5.11 Å². The molecule has 4 heteroatoms. The molecule has 0 aromatic carbocycles. The zero-order valence-corrected chi connectivity index (χ0v) is 8.87. The fourth-order valence-electron chi connectivity index (χ4n) is 1.12. The summed E-state index contributed by atoms with van der Waals surface area (Å²) in [5.41, 5.74) is 0. The van der Waals surface area contributed by atoms with Crippen molar-refractivity contribution in [2.24, 2.45) is 0 Å². The molecule has 86 valence electrons. The normalized spacial score (nSPS) is 9.60. The Morgan fingerprint density at radius 2 is 1.73 bits per heavy atom. The Kier molecular flexibility index (Phi) is 8.43. The summed E-state index contributed by atoms with van der Waals surface area (Å²) in [5, 5.41) is 10.1. The molecule has 0 amide bonds. The van der Waals surface area contributed by atoms with Crippen molar-refractivity contribution < 1.29 is 19.4 Å². The summed E-state index contributed by atoms with van der Waals surface area (Å²) in [4.78, 5) is 21.0. The topological polar surface area (TPSA) is 66.4 Å². The molecule has 15 heavy (non-hydrogen) atoms. The van der Waals surface area contributed by atoms with E-state index in [1.165, 1.54) is 6.08 Å². The van der Waals surface area contributed by atoms with Gasteiger partial charge in [-0.25, -0.2) is 0 Å². The Labute approximate surface area is 89.9 Å². The second-order valence-electron chi connectivity index (χ2n) is 3.26. The smallest absolute Gasteiger partial charge is 0.306 e. The van der Waals surface area contributed by atoms with Crippen molar-refractivity contribution in [1.29, 1.82) is 0 Å². The fraction of sp³-hybridized carbons (Fsp3) is 0.636. The zero-order chi connectivity index (χ0) is 11.5. The molecule has 0 aromatic heterocycles. The van der Waals surface area contributed by atoms with Gasteiger partial charge in [0.1, 0.15) is 6.61 Å². The molecule has 0 fully saturated rings. The summed E-state index contributed by atoms with van der Waals surface area (Å²) >= 11 is 0. The van der Waals surface area contributed by atoms with Crippen LogP contribution in [0.4, 0.5) is 0 Å². The molecule has 0 aliphatic carbocycles. The third kappa shape index (κ3) is 10.6. The van der Waals surface area contributed by atoms with Crippen LogP contribution in [-0.4, -0.2) is 18.5 Å². The number of rotatable bonds is 9. The van der Waals surface area contributed by atoms with E-state index in [-0.39, 0.29) is 19.0 Å². The van der Waals surface area contributed by atoms with Gasteiger partial charge in [-0.05, 0) is 19.3 Å². The molecule has 0 saturated heterocycles. The van der Waals surface area contributed by atoms with E-state index in [1.807, 2.05) is 0 Å². The van der Waals surface area contributed by atoms with Gasteiger partial charge in [0.05, 0.1) is 0 Å². The van der Waals surface area contributed by atoms with E-state index in [1.54, 1.807) is 0 Å². The highest BCUT2D eigenvalue weighted by Gasteiger charge is 2.00. The van der Waals surface area contributed by atoms with Gasteiger partial charge in [0.15, 0.2) is 0 Å². The van der Waals surface area contributed by atoms with E-state index in [2.05, 4.69) is 6.58 Å². The lowest BCUT2D eigenvalue weighted by atomic mass is 10.1.